The van der Waals surface area contributed by atoms with Crippen molar-refractivity contribution in [1.29, 1.82) is 0 Å². The predicted octanol–water partition coefficient (Wildman–Crippen LogP) is 4.31. The largest absolute Gasteiger partial charge is 0.495 e. The molecular weight excluding hydrogens is 312 g/mol. The highest BCUT2D eigenvalue weighted by molar-refractivity contribution is 9.10. The number of nitrogens with one attached hydrogen (secondary N) is 1. The fraction of sp³-hybridized carbons (Fsp3) is 0.100. The van der Waals surface area contributed by atoms with Crippen molar-refractivity contribution in [1.82, 2.24) is 4.98 Å². The number of benzene rings is 1. The molecule has 0 saturated carbocycles. The second kappa shape index (κ2) is 5.03. The second-order valence-corrected chi connectivity index (χ2v) is 5.03. The van der Waals surface area contributed by atoms with Crippen molar-refractivity contribution in [2.24, 2.45) is 0 Å². The number of thiazole rings is 1. The third-order valence-electron chi connectivity index (χ3n) is 1.88. The van der Waals surface area contributed by atoms with Crippen LogP contribution in [-0.4, -0.2) is 12.1 Å². The highest BCUT2D eigenvalue weighted by Crippen LogP contribution is 2.30. The highest BCUT2D eigenvalue weighted by Gasteiger charge is 2.04. The molecule has 84 valence electrons. The molecule has 2 rings (SSSR count). The summed E-state index contributed by atoms with van der Waals surface area (Å²) in [5.74, 6) is 0.641. The van der Waals surface area contributed by atoms with Crippen LogP contribution < -0.4 is 10.1 Å². The molecular formula is C10H8BrClN2OS. The van der Waals surface area contributed by atoms with E-state index < -0.39 is 0 Å². The smallest absolute Gasteiger partial charge is 0.188 e. The first-order valence-electron chi connectivity index (χ1n) is 4.40. The van der Waals surface area contributed by atoms with Gasteiger partial charge in [-0.05, 0) is 28.1 Å². The van der Waals surface area contributed by atoms with Crippen molar-refractivity contribution in [3.05, 3.63) is 33.2 Å². The van der Waals surface area contributed by atoms with Crippen molar-refractivity contribution in [3.8, 4) is 5.75 Å². The van der Waals surface area contributed by atoms with E-state index in [1.165, 1.54) is 11.3 Å². The Balaban J connectivity index is 2.21. The summed E-state index contributed by atoms with van der Waals surface area (Å²) in [5, 5.41) is 6.48. The van der Waals surface area contributed by atoms with Gasteiger partial charge in [0.05, 0.1) is 12.1 Å². The van der Waals surface area contributed by atoms with E-state index in [0.717, 1.165) is 15.4 Å². The monoisotopic (exact) mass is 318 g/mol. The molecule has 0 aliphatic heterocycles. The van der Waals surface area contributed by atoms with E-state index in [9.17, 15) is 0 Å². The summed E-state index contributed by atoms with van der Waals surface area (Å²) in [6.45, 7) is 0. The molecule has 0 fully saturated rings. The van der Waals surface area contributed by atoms with E-state index in [0.29, 0.717) is 10.8 Å². The van der Waals surface area contributed by atoms with Gasteiger partial charge in [-0.25, -0.2) is 4.98 Å². The van der Waals surface area contributed by atoms with Crippen LogP contribution in [0.1, 0.15) is 0 Å². The van der Waals surface area contributed by atoms with Gasteiger partial charge in [-0.15, -0.1) is 11.3 Å². The first-order chi connectivity index (χ1) is 7.69. The Morgan fingerprint density at radius 3 is 2.94 bits per heavy atom. The van der Waals surface area contributed by atoms with Crippen molar-refractivity contribution < 1.29 is 4.74 Å². The molecule has 0 aliphatic rings. The van der Waals surface area contributed by atoms with Gasteiger partial charge < -0.3 is 10.1 Å². The van der Waals surface area contributed by atoms with Crippen LogP contribution in [-0.2, 0) is 0 Å². The van der Waals surface area contributed by atoms with Crippen LogP contribution in [0.4, 0.5) is 10.8 Å². The molecule has 0 aliphatic carbocycles. The van der Waals surface area contributed by atoms with Crippen LogP contribution in [0.2, 0.25) is 5.02 Å². The highest BCUT2D eigenvalue weighted by atomic mass is 79.9. The summed E-state index contributed by atoms with van der Waals surface area (Å²) in [6, 6.07) is 5.49. The summed E-state index contributed by atoms with van der Waals surface area (Å²) in [7, 11) is 1.59. The van der Waals surface area contributed by atoms with Crippen molar-refractivity contribution in [2.45, 2.75) is 0 Å². The zero-order valence-electron chi connectivity index (χ0n) is 8.33. The quantitative estimate of drug-likeness (QED) is 0.915. The van der Waals surface area contributed by atoms with Crippen LogP contribution in [0.15, 0.2) is 28.2 Å². The number of halogens is 2. The van der Waals surface area contributed by atoms with E-state index >= 15 is 0 Å². The van der Waals surface area contributed by atoms with Crippen molar-refractivity contribution >= 4 is 49.7 Å². The summed E-state index contributed by atoms with van der Waals surface area (Å²) in [4.78, 5) is 4.23. The lowest BCUT2D eigenvalue weighted by Gasteiger charge is -2.06. The number of nitrogens with zero attached hydrogens (tertiary/aromatic N) is 1. The van der Waals surface area contributed by atoms with Crippen LogP contribution in [0, 0.1) is 0 Å². The minimum absolute atomic E-state index is 0.591. The number of aromatic nitrogens is 1. The molecule has 6 heteroatoms. The zero-order valence-corrected chi connectivity index (χ0v) is 11.5. The number of hydrogen-bond donors (Lipinski definition) is 1. The first-order valence-corrected chi connectivity index (χ1v) is 6.45. The summed E-state index contributed by atoms with van der Waals surface area (Å²) in [6.07, 6.45) is 0. The Hall–Kier alpha value is -0.780. The lowest BCUT2D eigenvalue weighted by molar-refractivity contribution is 0.415. The molecule has 0 amide bonds. The van der Waals surface area contributed by atoms with E-state index in [1.807, 2.05) is 17.5 Å². The SMILES string of the molecule is COc1cc(Nc2nc(Br)cs2)ccc1Cl. The number of hydrogen-bond acceptors (Lipinski definition) is 4. The Bertz CT molecular complexity index is 503. The van der Waals surface area contributed by atoms with Gasteiger partial charge in [-0.2, -0.15) is 0 Å². The molecule has 0 saturated heterocycles. The molecule has 0 radical (unpaired) electrons. The number of anilines is 2. The van der Waals surface area contributed by atoms with Crippen LogP contribution in [0.5, 0.6) is 5.75 Å². The van der Waals surface area contributed by atoms with Gasteiger partial charge in [0.1, 0.15) is 10.4 Å². The average Bonchev–Trinajstić information content (AvgIpc) is 2.67. The van der Waals surface area contributed by atoms with Crippen LogP contribution >= 0.6 is 38.9 Å². The minimum Gasteiger partial charge on any atom is -0.495 e. The third kappa shape index (κ3) is 2.66. The summed E-state index contributed by atoms with van der Waals surface area (Å²) in [5.41, 5.74) is 0.892. The first kappa shape index (κ1) is 11.7. The van der Waals surface area contributed by atoms with Gasteiger partial charge in [-0.1, -0.05) is 11.6 Å². The summed E-state index contributed by atoms with van der Waals surface area (Å²) < 4.78 is 5.95. The number of methoxy groups -OCH3 is 1. The fourth-order valence-electron chi connectivity index (χ4n) is 1.17. The molecule has 1 aromatic heterocycles. The minimum atomic E-state index is 0.591. The maximum absolute atomic E-state index is 5.93. The Kier molecular flexibility index (Phi) is 3.68. The van der Waals surface area contributed by atoms with Crippen LogP contribution in [0.25, 0.3) is 0 Å². The molecule has 0 bridgehead atoms. The zero-order chi connectivity index (χ0) is 11.5. The summed E-state index contributed by atoms with van der Waals surface area (Å²) >= 11 is 10.7. The molecule has 0 spiro atoms. The van der Waals surface area contributed by atoms with Gasteiger partial charge >= 0.3 is 0 Å². The standard InChI is InChI=1S/C10H8BrClN2OS/c1-15-8-4-6(2-3-7(8)12)13-10-14-9(11)5-16-10/h2-5H,1H3,(H,13,14). The maximum atomic E-state index is 5.93. The fourth-order valence-corrected chi connectivity index (χ4v) is 2.53. The molecule has 3 nitrogen and oxygen atoms in total. The lowest BCUT2D eigenvalue weighted by Crippen LogP contribution is -1.91. The van der Waals surface area contributed by atoms with Gasteiger partial charge in [-0.3, -0.25) is 0 Å². The van der Waals surface area contributed by atoms with Crippen molar-refractivity contribution in [2.75, 3.05) is 12.4 Å². The van der Waals surface area contributed by atoms with E-state index in [1.54, 1.807) is 13.2 Å². The molecule has 1 heterocycles. The predicted molar refractivity (Wildman–Crippen MR) is 71.1 cm³/mol. The van der Waals surface area contributed by atoms with E-state index in [2.05, 4.69) is 26.2 Å². The third-order valence-corrected chi connectivity index (χ3v) is 3.66. The number of ether oxygens (including phenoxy) is 1. The van der Waals surface area contributed by atoms with Gasteiger partial charge in [0, 0.05) is 17.1 Å². The normalized spacial score (nSPS) is 10.2. The molecule has 0 atom stereocenters. The molecule has 0 unspecified atom stereocenters. The molecule has 1 aromatic carbocycles. The Labute approximate surface area is 111 Å². The lowest BCUT2D eigenvalue weighted by atomic mass is 10.3. The van der Waals surface area contributed by atoms with E-state index in [-0.39, 0.29) is 0 Å². The molecule has 16 heavy (non-hydrogen) atoms. The number of rotatable bonds is 3. The average molecular weight is 320 g/mol. The Morgan fingerprint density at radius 2 is 2.31 bits per heavy atom. The van der Waals surface area contributed by atoms with Crippen LogP contribution in [0.3, 0.4) is 0 Å². The maximum Gasteiger partial charge on any atom is 0.188 e. The van der Waals surface area contributed by atoms with Gasteiger partial charge in [0.25, 0.3) is 0 Å². The van der Waals surface area contributed by atoms with Gasteiger partial charge in [0.15, 0.2) is 5.13 Å². The van der Waals surface area contributed by atoms with Crippen molar-refractivity contribution in [3.63, 3.8) is 0 Å². The topological polar surface area (TPSA) is 34.1 Å². The molecule has 2 aromatic rings. The second-order valence-electron chi connectivity index (χ2n) is 2.95. The van der Waals surface area contributed by atoms with E-state index in [4.69, 9.17) is 16.3 Å². The Morgan fingerprint density at radius 1 is 1.50 bits per heavy atom. The molecule has 1 N–H and O–H groups in total. The van der Waals surface area contributed by atoms with Gasteiger partial charge in [0.2, 0.25) is 0 Å².